The zero-order chi connectivity index (χ0) is 21.0. The van der Waals surface area contributed by atoms with E-state index in [4.69, 9.17) is 0 Å². The first-order chi connectivity index (χ1) is 13.1. The molecule has 0 fully saturated rings. The summed E-state index contributed by atoms with van der Waals surface area (Å²) in [5.41, 5.74) is 0.745. The van der Waals surface area contributed by atoms with Gasteiger partial charge in [0.25, 0.3) is 11.8 Å². The number of benzene rings is 1. The van der Waals surface area contributed by atoms with E-state index in [1.165, 1.54) is 25.3 Å². The first kappa shape index (κ1) is 21.4. The Balaban J connectivity index is 1.95. The van der Waals surface area contributed by atoms with Crippen molar-refractivity contribution in [2.24, 2.45) is 0 Å². The molecule has 1 aromatic heterocycles. The maximum atomic E-state index is 13.9. The maximum absolute atomic E-state index is 13.9. The van der Waals surface area contributed by atoms with E-state index in [-0.39, 0.29) is 29.1 Å². The molecule has 2 amide bonds. The van der Waals surface area contributed by atoms with Crippen LogP contribution in [-0.4, -0.2) is 33.9 Å². The topological polar surface area (TPSA) is 84.0 Å². The van der Waals surface area contributed by atoms with Crippen LogP contribution < -0.4 is 10.6 Å². The molecule has 150 valence electrons. The van der Waals surface area contributed by atoms with Gasteiger partial charge in [-0.15, -0.1) is 0 Å². The molecule has 0 saturated carbocycles. The van der Waals surface area contributed by atoms with Gasteiger partial charge >= 0.3 is 0 Å². The molecule has 1 heterocycles. The number of amides is 2. The number of nitrogens with one attached hydrogen (secondary N) is 2. The van der Waals surface area contributed by atoms with Gasteiger partial charge in [0, 0.05) is 18.3 Å². The SMILES string of the molecule is Cc1ncc(C(=O)NC(C)CC(C)NC(=O)c2ccc(C)c(F)c2F)c(C)n1. The van der Waals surface area contributed by atoms with Crippen molar-refractivity contribution in [3.05, 3.63) is 58.2 Å². The van der Waals surface area contributed by atoms with Crippen molar-refractivity contribution in [3.63, 3.8) is 0 Å². The minimum Gasteiger partial charge on any atom is -0.349 e. The number of hydrogen-bond donors (Lipinski definition) is 2. The van der Waals surface area contributed by atoms with Crippen LogP contribution in [0.2, 0.25) is 0 Å². The first-order valence-corrected chi connectivity index (χ1v) is 8.96. The number of carbonyl (C=O) groups is 2. The summed E-state index contributed by atoms with van der Waals surface area (Å²) in [6, 6.07) is 1.96. The van der Waals surface area contributed by atoms with Crippen LogP contribution in [0, 0.1) is 32.4 Å². The van der Waals surface area contributed by atoms with Crippen LogP contribution in [0.4, 0.5) is 8.78 Å². The molecule has 2 N–H and O–H groups in total. The van der Waals surface area contributed by atoms with E-state index in [1.54, 1.807) is 27.7 Å². The lowest BCUT2D eigenvalue weighted by Gasteiger charge is -2.20. The van der Waals surface area contributed by atoms with Crippen LogP contribution in [0.15, 0.2) is 18.3 Å². The molecule has 2 atom stereocenters. The molecule has 0 aliphatic carbocycles. The number of nitrogens with zero attached hydrogens (tertiary/aromatic N) is 2. The van der Waals surface area contributed by atoms with Gasteiger partial charge in [-0.05, 0) is 52.7 Å². The van der Waals surface area contributed by atoms with Crippen molar-refractivity contribution < 1.29 is 18.4 Å². The average molecular weight is 390 g/mol. The summed E-state index contributed by atoms with van der Waals surface area (Å²) in [6.07, 6.45) is 1.87. The van der Waals surface area contributed by atoms with Crippen molar-refractivity contribution in [2.45, 2.75) is 53.1 Å². The third-order valence-electron chi connectivity index (χ3n) is 4.33. The second-order valence-corrected chi connectivity index (χ2v) is 6.96. The fourth-order valence-electron chi connectivity index (χ4n) is 2.88. The summed E-state index contributed by atoms with van der Waals surface area (Å²) in [4.78, 5) is 32.8. The molecule has 0 aliphatic rings. The largest absolute Gasteiger partial charge is 0.349 e. The summed E-state index contributed by atoms with van der Waals surface area (Å²) in [6.45, 7) is 8.41. The lowest BCUT2D eigenvalue weighted by molar-refractivity contribution is 0.0924. The molecule has 2 rings (SSSR count). The molecule has 0 aliphatic heterocycles. The van der Waals surface area contributed by atoms with Crippen molar-refractivity contribution >= 4 is 11.8 Å². The number of aryl methyl sites for hydroxylation is 3. The monoisotopic (exact) mass is 390 g/mol. The molecular weight excluding hydrogens is 366 g/mol. The van der Waals surface area contributed by atoms with Crippen LogP contribution in [-0.2, 0) is 0 Å². The number of rotatable bonds is 6. The summed E-state index contributed by atoms with van der Waals surface area (Å²) < 4.78 is 27.6. The van der Waals surface area contributed by atoms with Crippen molar-refractivity contribution in [2.75, 3.05) is 0 Å². The zero-order valence-electron chi connectivity index (χ0n) is 16.6. The predicted molar refractivity (Wildman–Crippen MR) is 101 cm³/mol. The Morgan fingerprint density at radius 1 is 0.964 bits per heavy atom. The minimum absolute atomic E-state index is 0.133. The molecule has 28 heavy (non-hydrogen) atoms. The molecule has 2 unspecified atom stereocenters. The van der Waals surface area contributed by atoms with Crippen LogP contribution in [0.25, 0.3) is 0 Å². The Morgan fingerprint density at radius 3 is 2.11 bits per heavy atom. The highest BCUT2D eigenvalue weighted by atomic mass is 19.2. The van der Waals surface area contributed by atoms with Gasteiger partial charge in [-0.2, -0.15) is 0 Å². The lowest BCUT2D eigenvalue weighted by Crippen LogP contribution is -2.41. The Kier molecular flexibility index (Phi) is 6.77. The third-order valence-corrected chi connectivity index (χ3v) is 4.33. The molecule has 8 heteroatoms. The normalized spacial score (nSPS) is 13.0. The van der Waals surface area contributed by atoms with Gasteiger partial charge in [-0.3, -0.25) is 9.59 Å². The fourth-order valence-corrected chi connectivity index (χ4v) is 2.88. The summed E-state index contributed by atoms with van der Waals surface area (Å²) in [5.74, 6) is -2.63. The van der Waals surface area contributed by atoms with Crippen molar-refractivity contribution in [1.29, 1.82) is 0 Å². The van der Waals surface area contributed by atoms with E-state index in [9.17, 15) is 18.4 Å². The molecule has 0 saturated heterocycles. The van der Waals surface area contributed by atoms with E-state index in [0.717, 1.165) is 0 Å². The van der Waals surface area contributed by atoms with Crippen molar-refractivity contribution in [1.82, 2.24) is 20.6 Å². The molecule has 0 radical (unpaired) electrons. The highest BCUT2D eigenvalue weighted by molar-refractivity contribution is 5.95. The smallest absolute Gasteiger partial charge is 0.254 e. The van der Waals surface area contributed by atoms with Gasteiger partial charge in [-0.25, -0.2) is 18.7 Å². The number of carbonyl (C=O) groups excluding carboxylic acids is 2. The molecule has 2 aromatic rings. The fraction of sp³-hybridized carbons (Fsp3) is 0.400. The highest BCUT2D eigenvalue weighted by Crippen LogP contribution is 2.16. The maximum Gasteiger partial charge on any atom is 0.254 e. The zero-order valence-corrected chi connectivity index (χ0v) is 16.6. The lowest BCUT2D eigenvalue weighted by atomic mass is 10.1. The predicted octanol–water partition coefficient (Wildman–Crippen LogP) is 3.01. The molecule has 1 aromatic carbocycles. The molecule has 0 bridgehead atoms. The van der Waals surface area contributed by atoms with Crippen LogP contribution in [0.3, 0.4) is 0 Å². The Morgan fingerprint density at radius 2 is 1.54 bits per heavy atom. The summed E-state index contributed by atoms with van der Waals surface area (Å²) in [5, 5.41) is 5.45. The van der Waals surface area contributed by atoms with Gasteiger partial charge in [0.2, 0.25) is 0 Å². The average Bonchev–Trinajstić information content (AvgIpc) is 2.59. The Labute approximate surface area is 162 Å². The van der Waals surface area contributed by atoms with Crippen LogP contribution in [0.1, 0.15) is 58.1 Å². The molecule has 6 nitrogen and oxygen atoms in total. The third kappa shape index (κ3) is 5.09. The van der Waals surface area contributed by atoms with Crippen LogP contribution in [0.5, 0.6) is 0 Å². The standard InChI is InChI=1S/C20H24F2N4O2/c1-10-6-7-15(18(22)17(10)21)19(27)24-11(2)8-12(3)25-20(28)16-9-23-14(5)26-13(16)4/h6-7,9,11-12H,8H2,1-5H3,(H,24,27)(H,25,28). The number of halogens is 2. The van der Waals surface area contributed by atoms with E-state index in [1.807, 2.05) is 0 Å². The number of aromatic nitrogens is 2. The van der Waals surface area contributed by atoms with Gasteiger partial charge in [-0.1, -0.05) is 6.07 Å². The van der Waals surface area contributed by atoms with Gasteiger partial charge in [0.05, 0.1) is 16.8 Å². The molecule has 0 spiro atoms. The Bertz CT molecular complexity index is 902. The van der Waals surface area contributed by atoms with E-state index >= 15 is 0 Å². The second-order valence-electron chi connectivity index (χ2n) is 6.96. The highest BCUT2D eigenvalue weighted by Gasteiger charge is 2.20. The van der Waals surface area contributed by atoms with Gasteiger partial charge < -0.3 is 10.6 Å². The van der Waals surface area contributed by atoms with E-state index in [0.29, 0.717) is 23.5 Å². The molecular formula is C20H24F2N4O2. The first-order valence-electron chi connectivity index (χ1n) is 8.96. The summed E-state index contributed by atoms with van der Waals surface area (Å²) in [7, 11) is 0. The summed E-state index contributed by atoms with van der Waals surface area (Å²) >= 11 is 0. The minimum atomic E-state index is -1.17. The van der Waals surface area contributed by atoms with E-state index in [2.05, 4.69) is 20.6 Å². The number of hydrogen-bond acceptors (Lipinski definition) is 4. The van der Waals surface area contributed by atoms with Crippen LogP contribution >= 0.6 is 0 Å². The Hall–Kier alpha value is -2.90. The van der Waals surface area contributed by atoms with Gasteiger partial charge in [0.15, 0.2) is 11.6 Å². The second kappa shape index (κ2) is 8.86. The van der Waals surface area contributed by atoms with Gasteiger partial charge in [0.1, 0.15) is 5.82 Å². The van der Waals surface area contributed by atoms with Crippen molar-refractivity contribution in [3.8, 4) is 0 Å². The quantitative estimate of drug-likeness (QED) is 0.794. The van der Waals surface area contributed by atoms with E-state index < -0.39 is 17.5 Å².